The average Bonchev–Trinajstić information content (AvgIpc) is 2.84. The molecule has 1 unspecified atom stereocenters. The van der Waals surface area contributed by atoms with Gasteiger partial charge >= 0.3 is 0 Å². The molecule has 2 rings (SSSR count). The largest absolute Gasteiger partial charge is 0.353 e. The molecule has 0 saturated carbocycles. The molecule has 1 atom stereocenters. The van der Waals surface area contributed by atoms with Crippen LogP contribution in [0.5, 0.6) is 0 Å². The van der Waals surface area contributed by atoms with E-state index in [9.17, 15) is 0 Å². The fourth-order valence-electron chi connectivity index (χ4n) is 1.60. The minimum Gasteiger partial charge on any atom is -0.353 e. The average molecular weight is 255 g/mol. The van der Waals surface area contributed by atoms with Gasteiger partial charge in [0.15, 0.2) is 0 Å². The van der Waals surface area contributed by atoms with E-state index >= 15 is 0 Å². The van der Waals surface area contributed by atoms with E-state index < -0.39 is 0 Å². The molecular formula is C12H15ClN2S. The monoisotopic (exact) mass is 254 g/mol. The number of nitrogens with one attached hydrogen (secondary N) is 1. The van der Waals surface area contributed by atoms with Gasteiger partial charge in [-0.05, 0) is 31.2 Å². The first kappa shape index (κ1) is 11.7. The van der Waals surface area contributed by atoms with Crippen molar-refractivity contribution in [3.63, 3.8) is 0 Å². The predicted molar refractivity (Wildman–Crippen MR) is 70.0 cm³/mol. The maximum Gasteiger partial charge on any atom is 0.0931 e. The lowest BCUT2D eigenvalue weighted by Gasteiger charge is -2.12. The molecule has 0 aliphatic carbocycles. The van der Waals surface area contributed by atoms with Gasteiger partial charge in [-0.3, -0.25) is 0 Å². The molecule has 0 amide bonds. The molecule has 0 aliphatic heterocycles. The Kier molecular flexibility index (Phi) is 3.69. The zero-order chi connectivity index (χ0) is 11.5. The van der Waals surface area contributed by atoms with Crippen molar-refractivity contribution in [1.29, 1.82) is 0 Å². The smallest absolute Gasteiger partial charge is 0.0931 e. The van der Waals surface area contributed by atoms with Crippen molar-refractivity contribution in [2.75, 3.05) is 0 Å². The number of halogens is 1. The van der Waals surface area contributed by atoms with Gasteiger partial charge in [0, 0.05) is 36.4 Å². The molecule has 86 valence electrons. The highest BCUT2D eigenvalue weighted by molar-refractivity contribution is 7.16. The van der Waals surface area contributed by atoms with Crippen LogP contribution in [0.4, 0.5) is 0 Å². The zero-order valence-electron chi connectivity index (χ0n) is 9.40. The normalized spacial score (nSPS) is 12.9. The highest BCUT2D eigenvalue weighted by atomic mass is 35.5. The second-order valence-corrected chi connectivity index (χ2v) is 5.60. The molecule has 0 spiro atoms. The molecule has 16 heavy (non-hydrogen) atoms. The molecule has 1 N–H and O–H groups in total. The Balaban J connectivity index is 1.93. The van der Waals surface area contributed by atoms with Crippen LogP contribution in [-0.4, -0.2) is 4.57 Å². The van der Waals surface area contributed by atoms with Crippen molar-refractivity contribution in [2.45, 2.75) is 19.5 Å². The quantitative estimate of drug-likeness (QED) is 0.882. The second kappa shape index (κ2) is 5.04. The van der Waals surface area contributed by atoms with Crippen molar-refractivity contribution in [3.05, 3.63) is 45.4 Å². The minimum absolute atomic E-state index is 0.340. The SMILES string of the molecule is CC(NCc1cccn1C)c1ccc(Cl)s1. The third kappa shape index (κ3) is 2.67. The summed E-state index contributed by atoms with van der Waals surface area (Å²) in [4.78, 5) is 1.28. The van der Waals surface area contributed by atoms with Crippen LogP contribution < -0.4 is 5.32 Å². The molecule has 0 aromatic carbocycles. The van der Waals surface area contributed by atoms with Gasteiger partial charge in [-0.15, -0.1) is 11.3 Å². The van der Waals surface area contributed by atoms with Crippen LogP contribution in [0.2, 0.25) is 4.34 Å². The van der Waals surface area contributed by atoms with Crippen molar-refractivity contribution in [1.82, 2.24) is 9.88 Å². The molecule has 2 heterocycles. The Morgan fingerprint density at radius 3 is 2.81 bits per heavy atom. The lowest BCUT2D eigenvalue weighted by molar-refractivity contribution is 0.565. The predicted octanol–water partition coefficient (Wildman–Crippen LogP) is 3.59. The lowest BCUT2D eigenvalue weighted by Crippen LogP contribution is -2.18. The van der Waals surface area contributed by atoms with E-state index in [1.54, 1.807) is 11.3 Å². The van der Waals surface area contributed by atoms with Crippen molar-refractivity contribution >= 4 is 22.9 Å². The highest BCUT2D eigenvalue weighted by Crippen LogP contribution is 2.26. The molecule has 0 saturated heterocycles. The summed E-state index contributed by atoms with van der Waals surface area (Å²) in [6.07, 6.45) is 2.06. The van der Waals surface area contributed by atoms with Crippen LogP contribution in [0, 0.1) is 0 Å². The summed E-state index contributed by atoms with van der Waals surface area (Å²) in [5, 5.41) is 3.49. The number of rotatable bonds is 4. The highest BCUT2D eigenvalue weighted by Gasteiger charge is 2.08. The number of thiophene rings is 1. The van der Waals surface area contributed by atoms with Crippen LogP contribution in [0.15, 0.2) is 30.5 Å². The zero-order valence-corrected chi connectivity index (χ0v) is 11.0. The minimum atomic E-state index is 0.340. The molecule has 2 nitrogen and oxygen atoms in total. The Labute approximate surface area is 105 Å². The van der Waals surface area contributed by atoms with E-state index in [0.29, 0.717) is 6.04 Å². The molecule has 0 fully saturated rings. The Morgan fingerprint density at radius 1 is 1.44 bits per heavy atom. The maximum absolute atomic E-state index is 5.92. The Morgan fingerprint density at radius 2 is 2.25 bits per heavy atom. The summed E-state index contributed by atoms with van der Waals surface area (Å²) in [5.74, 6) is 0. The van der Waals surface area contributed by atoms with E-state index in [1.165, 1.54) is 10.6 Å². The topological polar surface area (TPSA) is 17.0 Å². The van der Waals surface area contributed by atoms with E-state index in [-0.39, 0.29) is 0 Å². The maximum atomic E-state index is 5.92. The molecule has 4 heteroatoms. The van der Waals surface area contributed by atoms with Crippen LogP contribution in [-0.2, 0) is 13.6 Å². The Hall–Kier alpha value is -0.770. The van der Waals surface area contributed by atoms with Crippen molar-refractivity contribution < 1.29 is 0 Å². The third-order valence-corrected chi connectivity index (χ3v) is 4.08. The van der Waals surface area contributed by atoms with Crippen LogP contribution in [0.3, 0.4) is 0 Å². The number of aryl methyl sites for hydroxylation is 1. The fourth-order valence-corrected chi connectivity index (χ4v) is 2.69. The number of aromatic nitrogens is 1. The number of hydrogen-bond donors (Lipinski definition) is 1. The molecule has 2 aromatic rings. The van der Waals surface area contributed by atoms with Crippen molar-refractivity contribution in [2.24, 2.45) is 7.05 Å². The van der Waals surface area contributed by atoms with Gasteiger partial charge in [0.2, 0.25) is 0 Å². The van der Waals surface area contributed by atoms with Gasteiger partial charge in [0.05, 0.1) is 4.34 Å². The van der Waals surface area contributed by atoms with Gasteiger partial charge in [0.1, 0.15) is 0 Å². The second-order valence-electron chi connectivity index (χ2n) is 3.85. The summed E-state index contributed by atoms with van der Waals surface area (Å²) in [6.45, 7) is 3.03. The van der Waals surface area contributed by atoms with E-state index in [0.717, 1.165) is 10.9 Å². The first-order valence-electron chi connectivity index (χ1n) is 5.25. The molecule has 0 aliphatic rings. The third-order valence-electron chi connectivity index (χ3n) is 2.66. The summed E-state index contributed by atoms with van der Waals surface area (Å²) in [7, 11) is 2.06. The van der Waals surface area contributed by atoms with Crippen molar-refractivity contribution in [3.8, 4) is 0 Å². The molecule has 0 radical (unpaired) electrons. The number of hydrogen-bond acceptors (Lipinski definition) is 2. The van der Waals surface area contributed by atoms with Gasteiger partial charge < -0.3 is 9.88 Å². The van der Waals surface area contributed by atoms with Gasteiger partial charge in [-0.25, -0.2) is 0 Å². The van der Waals surface area contributed by atoms with Crippen LogP contribution >= 0.6 is 22.9 Å². The molecular weight excluding hydrogens is 240 g/mol. The Bertz CT molecular complexity index is 461. The lowest BCUT2D eigenvalue weighted by atomic mass is 10.2. The standard InChI is InChI=1S/C12H15ClN2S/c1-9(11-5-6-12(13)16-11)14-8-10-4-3-7-15(10)2/h3-7,9,14H,8H2,1-2H3. The van der Waals surface area contributed by atoms with E-state index in [2.05, 4.69) is 48.3 Å². The summed E-state index contributed by atoms with van der Waals surface area (Å²) in [6, 6.07) is 8.55. The summed E-state index contributed by atoms with van der Waals surface area (Å²) < 4.78 is 2.98. The fraction of sp³-hybridized carbons (Fsp3) is 0.333. The van der Waals surface area contributed by atoms with Crippen LogP contribution in [0.1, 0.15) is 23.5 Å². The first-order chi connectivity index (χ1) is 7.66. The number of nitrogens with zero attached hydrogens (tertiary/aromatic N) is 1. The first-order valence-corrected chi connectivity index (χ1v) is 6.45. The van der Waals surface area contributed by atoms with Gasteiger partial charge in [-0.1, -0.05) is 11.6 Å². The van der Waals surface area contributed by atoms with E-state index in [1.807, 2.05) is 6.07 Å². The van der Waals surface area contributed by atoms with E-state index in [4.69, 9.17) is 11.6 Å². The molecule has 2 aromatic heterocycles. The summed E-state index contributed by atoms with van der Waals surface area (Å²) in [5.41, 5.74) is 1.29. The van der Waals surface area contributed by atoms with Gasteiger partial charge in [0.25, 0.3) is 0 Å². The van der Waals surface area contributed by atoms with Gasteiger partial charge in [-0.2, -0.15) is 0 Å². The summed E-state index contributed by atoms with van der Waals surface area (Å²) >= 11 is 7.55. The molecule has 0 bridgehead atoms. The van der Waals surface area contributed by atoms with Crippen LogP contribution in [0.25, 0.3) is 0 Å².